The van der Waals surface area contributed by atoms with Crippen LogP contribution in [-0.4, -0.2) is 24.0 Å². The molecule has 0 bridgehead atoms. The molecule has 1 saturated carbocycles. The first-order valence-electron chi connectivity index (χ1n) is 6.44. The van der Waals surface area contributed by atoms with Crippen LogP contribution in [0.3, 0.4) is 0 Å². The fourth-order valence-electron chi connectivity index (χ4n) is 2.29. The van der Waals surface area contributed by atoms with Crippen LogP contribution in [0.15, 0.2) is 0 Å². The Hall–Kier alpha value is -0.0400. The van der Waals surface area contributed by atoms with Crippen LogP contribution in [0.1, 0.15) is 60.3 Å². The van der Waals surface area contributed by atoms with Crippen LogP contribution in [0.2, 0.25) is 0 Å². The highest BCUT2D eigenvalue weighted by molar-refractivity contribution is 5.05. The Labute approximate surface area is 90.9 Å². The topological polar surface area (TPSA) is 3.24 Å². The standard InChI is InChI=1S/C9H17N.2C2H6/c1-8-3-6-10(2)9(7-8)4-5-9;2*1-2/h8H,3-7H2,1-2H3;2*1-2H3. The minimum atomic E-state index is 0.692. The third-order valence-corrected chi connectivity index (χ3v) is 3.32. The van der Waals surface area contributed by atoms with Gasteiger partial charge in [-0.05, 0) is 45.2 Å². The predicted molar refractivity (Wildman–Crippen MR) is 65.7 cm³/mol. The van der Waals surface area contributed by atoms with Crippen molar-refractivity contribution in [1.82, 2.24) is 4.90 Å². The van der Waals surface area contributed by atoms with E-state index in [1.165, 1.54) is 32.2 Å². The lowest BCUT2D eigenvalue weighted by Crippen LogP contribution is -2.40. The maximum absolute atomic E-state index is 2.58. The number of rotatable bonds is 0. The maximum atomic E-state index is 2.58. The quantitative estimate of drug-likeness (QED) is 0.571. The Morgan fingerprint density at radius 3 is 1.93 bits per heavy atom. The maximum Gasteiger partial charge on any atom is 0.0210 e. The average molecular weight is 199 g/mol. The molecule has 1 heterocycles. The normalized spacial score (nSPS) is 28.3. The molecule has 2 fully saturated rings. The van der Waals surface area contributed by atoms with Crippen LogP contribution in [-0.2, 0) is 0 Å². The zero-order valence-corrected chi connectivity index (χ0v) is 11.1. The highest BCUT2D eigenvalue weighted by Gasteiger charge is 2.48. The van der Waals surface area contributed by atoms with E-state index < -0.39 is 0 Å². The first-order chi connectivity index (χ1) is 6.73. The summed E-state index contributed by atoms with van der Waals surface area (Å²) < 4.78 is 0. The van der Waals surface area contributed by atoms with Crippen LogP contribution in [0.5, 0.6) is 0 Å². The van der Waals surface area contributed by atoms with E-state index in [-0.39, 0.29) is 0 Å². The molecular formula is C13H29N. The van der Waals surface area contributed by atoms with E-state index in [9.17, 15) is 0 Å². The molecule has 0 N–H and O–H groups in total. The second-order valence-electron chi connectivity index (χ2n) is 4.24. The van der Waals surface area contributed by atoms with E-state index in [1.54, 1.807) is 0 Å². The van der Waals surface area contributed by atoms with Crippen molar-refractivity contribution in [3.63, 3.8) is 0 Å². The SMILES string of the molecule is CC.CC.CC1CCN(C)C2(CC2)C1. The Balaban J connectivity index is 0.000000379. The molecular weight excluding hydrogens is 170 g/mol. The molecule has 1 spiro atoms. The molecule has 2 aliphatic rings. The predicted octanol–water partition coefficient (Wildman–Crippen LogP) is 3.93. The molecule has 14 heavy (non-hydrogen) atoms. The van der Waals surface area contributed by atoms with Gasteiger partial charge in [-0.3, -0.25) is 0 Å². The molecule has 0 aromatic rings. The first-order valence-corrected chi connectivity index (χ1v) is 6.44. The van der Waals surface area contributed by atoms with Gasteiger partial charge in [-0.25, -0.2) is 0 Å². The zero-order valence-electron chi connectivity index (χ0n) is 11.1. The molecule has 1 nitrogen and oxygen atoms in total. The van der Waals surface area contributed by atoms with Crippen molar-refractivity contribution in [2.45, 2.75) is 65.8 Å². The van der Waals surface area contributed by atoms with Gasteiger partial charge in [0, 0.05) is 5.54 Å². The summed E-state index contributed by atoms with van der Waals surface area (Å²) >= 11 is 0. The third-order valence-electron chi connectivity index (χ3n) is 3.32. The second-order valence-corrected chi connectivity index (χ2v) is 4.24. The van der Waals surface area contributed by atoms with Crippen LogP contribution in [0, 0.1) is 5.92 Å². The largest absolute Gasteiger partial charge is 0.301 e. The number of hydrogen-bond acceptors (Lipinski definition) is 1. The summed E-state index contributed by atoms with van der Waals surface area (Å²) in [5, 5.41) is 0. The molecule has 1 unspecified atom stereocenters. The minimum Gasteiger partial charge on any atom is -0.301 e. The van der Waals surface area contributed by atoms with Gasteiger partial charge in [0.25, 0.3) is 0 Å². The van der Waals surface area contributed by atoms with Crippen molar-refractivity contribution in [2.24, 2.45) is 5.92 Å². The van der Waals surface area contributed by atoms with E-state index in [2.05, 4.69) is 18.9 Å². The second kappa shape index (κ2) is 6.44. The Morgan fingerprint density at radius 2 is 1.57 bits per heavy atom. The molecule has 1 atom stereocenters. The van der Waals surface area contributed by atoms with E-state index in [0.29, 0.717) is 5.54 Å². The lowest BCUT2D eigenvalue weighted by molar-refractivity contribution is 0.130. The molecule has 1 heteroatoms. The summed E-state index contributed by atoms with van der Waals surface area (Å²) in [4.78, 5) is 2.58. The monoisotopic (exact) mass is 199 g/mol. The lowest BCUT2D eigenvalue weighted by atomic mass is 9.91. The van der Waals surface area contributed by atoms with Crippen molar-refractivity contribution in [3.05, 3.63) is 0 Å². The van der Waals surface area contributed by atoms with E-state index in [4.69, 9.17) is 0 Å². The average Bonchev–Trinajstić information content (AvgIpc) is 3.00. The third kappa shape index (κ3) is 3.27. The summed E-state index contributed by atoms with van der Waals surface area (Å²) in [6.45, 7) is 11.7. The van der Waals surface area contributed by atoms with Crippen molar-refractivity contribution in [3.8, 4) is 0 Å². The first kappa shape index (κ1) is 14.0. The molecule has 0 aromatic carbocycles. The highest BCUT2D eigenvalue weighted by atomic mass is 15.2. The lowest BCUT2D eigenvalue weighted by Gasteiger charge is -2.36. The summed E-state index contributed by atoms with van der Waals surface area (Å²) in [5.41, 5.74) is 0.692. The van der Waals surface area contributed by atoms with Gasteiger partial charge in [0.2, 0.25) is 0 Å². The molecule has 0 aromatic heterocycles. The van der Waals surface area contributed by atoms with Gasteiger partial charge in [-0.15, -0.1) is 0 Å². The molecule has 2 rings (SSSR count). The van der Waals surface area contributed by atoms with Gasteiger partial charge in [0.15, 0.2) is 0 Å². The zero-order chi connectivity index (χ0) is 11.2. The highest BCUT2D eigenvalue weighted by Crippen LogP contribution is 2.48. The van der Waals surface area contributed by atoms with E-state index >= 15 is 0 Å². The summed E-state index contributed by atoms with van der Waals surface area (Å²) in [6.07, 6.45) is 5.81. The van der Waals surface area contributed by atoms with Gasteiger partial charge in [-0.1, -0.05) is 34.6 Å². The van der Waals surface area contributed by atoms with Crippen molar-refractivity contribution in [1.29, 1.82) is 0 Å². The molecule has 1 saturated heterocycles. The van der Waals surface area contributed by atoms with Crippen LogP contribution in [0.4, 0.5) is 0 Å². The number of nitrogens with zero attached hydrogens (tertiary/aromatic N) is 1. The fraction of sp³-hybridized carbons (Fsp3) is 1.00. The number of hydrogen-bond donors (Lipinski definition) is 0. The van der Waals surface area contributed by atoms with Crippen LogP contribution in [0.25, 0.3) is 0 Å². The van der Waals surface area contributed by atoms with Crippen molar-refractivity contribution < 1.29 is 0 Å². The van der Waals surface area contributed by atoms with E-state index in [1.807, 2.05) is 27.7 Å². The van der Waals surface area contributed by atoms with Crippen LogP contribution < -0.4 is 0 Å². The minimum absolute atomic E-state index is 0.692. The van der Waals surface area contributed by atoms with Gasteiger partial charge in [-0.2, -0.15) is 0 Å². The van der Waals surface area contributed by atoms with Crippen molar-refractivity contribution >= 4 is 0 Å². The number of likely N-dealkylation sites (tertiary alicyclic amines) is 1. The molecule has 0 amide bonds. The van der Waals surface area contributed by atoms with E-state index in [0.717, 1.165) is 5.92 Å². The van der Waals surface area contributed by atoms with Gasteiger partial charge >= 0.3 is 0 Å². The Kier molecular flexibility index (Phi) is 6.43. The molecule has 0 radical (unpaired) electrons. The summed E-state index contributed by atoms with van der Waals surface area (Å²) in [7, 11) is 2.29. The fourth-order valence-corrected chi connectivity index (χ4v) is 2.29. The van der Waals surface area contributed by atoms with Gasteiger partial charge in [0.05, 0.1) is 0 Å². The van der Waals surface area contributed by atoms with Crippen molar-refractivity contribution in [2.75, 3.05) is 13.6 Å². The molecule has 86 valence electrons. The summed E-state index contributed by atoms with van der Waals surface area (Å²) in [5.74, 6) is 0.985. The number of piperidine rings is 1. The Morgan fingerprint density at radius 1 is 1.07 bits per heavy atom. The molecule has 1 aliphatic carbocycles. The Bertz CT molecular complexity index is 138. The molecule has 1 aliphatic heterocycles. The smallest absolute Gasteiger partial charge is 0.0210 e. The van der Waals surface area contributed by atoms with Crippen LogP contribution >= 0.6 is 0 Å². The van der Waals surface area contributed by atoms with Gasteiger partial charge < -0.3 is 4.90 Å². The summed E-state index contributed by atoms with van der Waals surface area (Å²) in [6, 6.07) is 0. The van der Waals surface area contributed by atoms with Gasteiger partial charge in [0.1, 0.15) is 0 Å².